The minimum absolute atomic E-state index is 0.871. The Labute approximate surface area is 71.3 Å². The summed E-state index contributed by atoms with van der Waals surface area (Å²) in [5.41, 5.74) is -3.50. The molecule has 1 fully saturated rings. The summed E-state index contributed by atoms with van der Waals surface area (Å²) in [5, 5.41) is 8.15. The molecule has 1 rings (SSSR count). The zero-order chi connectivity index (χ0) is 9.78. The third-order valence-corrected chi connectivity index (χ3v) is 2.44. The van der Waals surface area contributed by atoms with Crippen LogP contribution in [0.15, 0.2) is 0 Å². The molecule has 0 radical (unpaired) electrons. The summed E-state index contributed by atoms with van der Waals surface area (Å²) < 4.78 is 38.3. The molecule has 1 saturated carbocycles. The van der Waals surface area contributed by atoms with E-state index in [1.165, 1.54) is 0 Å². The highest BCUT2D eigenvalue weighted by atomic mass is 35.5. The second-order valence-corrected chi connectivity index (χ2v) is 3.89. The fraction of sp³-hybridized carbons (Fsp3) is 0.833. The lowest BCUT2D eigenvalue weighted by Crippen LogP contribution is -2.72. The van der Waals surface area contributed by atoms with Crippen LogP contribution in [0.25, 0.3) is 0 Å². The summed E-state index contributed by atoms with van der Waals surface area (Å²) in [6.07, 6.45) is -0.871. The topological polar surface area (TPSA) is 37.3 Å². The molecule has 0 spiro atoms. The molecule has 12 heavy (non-hydrogen) atoms. The van der Waals surface area contributed by atoms with E-state index >= 15 is 0 Å². The number of aliphatic carboxylic acids is 1. The number of hydrogen-bond acceptors (Lipinski definition) is 1. The maximum Gasteiger partial charge on any atom is 0.348 e. The molecule has 2 atom stereocenters. The first-order valence-corrected chi connectivity index (χ1v) is 3.52. The molecule has 0 heterocycles. The maximum atomic E-state index is 12.9. The summed E-state index contributed by atoms with van der Waals surface area (Å²) >= 11 is 5.17. The molecule has 0 aliphatic heterocycles. The smallest absolute Gasteiger partial charge is 0.348 e. The molecule has 1 aliphatic carbocycles. The number of rotatable bonds is 1. The van der Waals surface area contributed by atoms with E-state index in [9.17, 15) is 18.0 Å². The molecular formula is C6H6ClF3O2. The van der Waals surface area contributed by atoms with Gasteiger partial charge in [0.1, 0.15) is 4.87 Å². The number of carboxylic acid groups (broad SMARTS) is 1. The van der Waals surface area contributed by atoms with Gasteiger partial charge in [0.2, 0.25) is 0 Å². The van der Waals surface area contributed by atoms with Crippen molar-refractivity contribution >= 4 is 17.6 Å². The van der Waals surface area contributed by atoms with Gasteiger partial charge in [-0.2, -0.15) is 0 Å². The Morgan fingerprint density at radius 1 is 1.50 bits per heavy atom. The minimum atomic E-state index is -4.01. The predicted octanol–water partition coefficient (Wildman–Crippen LogP) is 1.82. The summed E-state index contributed by atoms with van der Waals surface area (Å²) in [4.78, 5) is 8.01. The van der Waals surface area contributed by atoms with Crippen molar-refractivity contribution in [3.8, 4) is 0 Å². The van der Waals surface area contributed by atoms with Gasteiger partial charge in [0.25, 0.3) is 5.67 Å². The fourth-order valence-electron chi connectivity index (χ4n) is 1.20. The molecule has 1 aliphatic rings. The lowest BCUT2D eigenvalue weighted by atomic mass is 9.68. The normalized spacial score (nSPS) is 45.1. The van der Waals surface area contributed by atoms with Crippen molar-refractivity contribution in [3.63, 3.8) is 0 Å². The van der Waals surface area contributed by atoms with Gasteiger partial charge in [0.05, 0.1) is 0 Å². The number of carbonyl (C=O) groups is 1. The van der Waals surface area contributed by atoms with E-state index in [4.69, 9.17) is 16.7 Å². The van der Waals surface area contributed by atoms with Crippen LogP contribution in [-0.2, 0) is 4.79 Å². The van der Waals surface area contributed by atoms with E-state index in [0.717, 1.165) is 6.92 Å². The zero-order valence-electron chi connectivity index (χ0n) is 6.07. The van der Waals surface area contributed by atoms with Crippen molar-refractivity contribution < 1.29 is 23.1 Å². The van der Waals surface area contributed by atoms with Gasteiger partial charge < -0.3 is 5.11 Å². The monoisotopic (exact) mass is 202 g/mol. The summed E-state index contributed by atoms with van der Waals surface area (Å²) in [6.45, 7) is 0.912. The lowest BCUT2D eigenvalue weighted by molar-refractivity contribution is -0.242. The Morgan fingerprint density at radius 2 is 1.92 bits per heavy atom. The van der Waals surface area contributed by atoms with Gasteiger partial charge in [-0.15, -0.1) is 11.6 Å². The molecule has 70 valence electrons. The van der Waals surface area contributed by atoms with E-state index in [0.29, 0.717) is 0 Å². The summed E-state index contributed by atoms with van der Waals surface area (Å²) in [7, 11) is 0. The molecule has 2 nitrogen and oxygen atoms in total. The molecule has 0 aromatic rings. The Kier molecular flexibility index (Phi) is 1.66. The average Bonchev–Trinajstić information content (AvgIpc) is 1.85. The number of alkyl halides is 4. The van der Waals surface area contributed by atoms with E-state index < -0.39 is 28.9 Å². The van der Waals surface area contributed by atoms with Crippen molar-refractivity contribution in [2.75, 3.05) is 0 Å². The van der Waals surface area contributed by atoms with Crippen molar-refractivity contribution in [2.45, 2.75) is 29.8 Å². The first-order valence-electron chi connectivity index (χ1n) is 3.14. The highest BCUT2D eigenvalue weighted by Gasteiger charge is 2.80. The molecule has 0 amide bonds. The van der Waals surface area contributed by atoms with Gasteiger partial charge in [0.15, 0.2) is 0 Å². The van der Waals surface area contributed by atoms with Crippen LogP contribution in [0, 0.1) is 0 Å². The third-order valence-electron chi connectivity index (χ3n) is 2.07. The van der Waals surface area contributed by atoms with Gasteiger partial charge in [0, 0.05) is 6.42 Å². The summed E-state index contributed by atoms with van der Waals surface area (Å²) in [5.74, 6) is -6.17. The van der Waals surface area contributed by atoms with Gasteiger partial charge in [-0.05, 0) is 6.92 Å². The minimum Gasteiger partial charge on any atom is -0.479 e. The fourth-order valence-corrected chi connectivity index (χ4v) is 1.53. The zero-order valence-corrected chi connectivity index (χ0v) is 6.83. The first-order chi connectivity index (χ1) is 5.15. The van der Waals surface area contributed by atoms with Crippen LogP contribution in [0.5, 0.6) is 0 Å². The van der Waals surface area contributed by atoms with Gasteiger partial charge in [-0.1, -0.05) is 0 Å². The Balaban J connectivity index is 2.99. The van der Waals surface area contributed by atoms with Crippen LogP contribution in [-0.4, -0.2) is 27.5 Å². The standard InChI is InChI=1S/C6H6ClF3O2/c1-4(7)2-5(8,3(11)12)6(4,9)10/h2H2,1H3,(H,11,12). The van der Waals surface area contributed by atoms with Crippen LogP contribution in [0.3, 0.4) is 0 Å². The van der Waals surface area contributed by atoms with Crippen LogP contribution in [0.2, 0.25) is 0 Å². The van der Waals surface area contributed by atoms with E-state index in [1.54, 1.807) is 0 Å². The third kappa shape index (κ3) is 0.800. The quantitative estimate of drug-likeness (QED) is 0.659. The van der Waals surface area contributed by atoms with Crippen molar-refractivity contribution in [1.29, 1.82) is 0 Å². The first kappa shape index (κ1) is 9.64. The summed E-state index contributed by atoms with van der Waals surface area (Å²) in [6, 6.07) is 0. The van der Waals surface area contributed by atoms with Gasteiger partial charge >= 0.3 is 11.9 Å². The van der Waals surface area contributed by atoms with Crippen LogP contribution >= 0.6 is 11.6 Å². The van der Waals surface area contributed by atoms with Crippen molar-refractivity contribution in [2.24, 2.45) is 0 Å². The molecule has 6 heteroatoms. The molecule has 0 aromatic heterocycles. The number of carboxylic acids is 1. The van der Waals surface area contributed by atoms with Gasteiger partial charge in [-0.25, -0.2) is 18.0 Å². The number of hydrogen-bond donors (Lipinski definition) is 1. The number of halogens is 4. The molecule has 1 N–H and O–H groups in total. The largest absolute Gasteiger partial charge is 0.479 e. The highest BCUT2D eigenvalue weighted by molar-refractivity contribution is 6.26. The van der Waals surface area contributed by atoms with Crippen LogP contribution < -0.4 is 0 Å². The Bertz CT molecular complexity index is 241. The van der Waals surface area contributed by atoms with Crippen molar-refractivity contribution in [1.82, 2.24) is 0 Å². The molecule has 2 unspecified atom stereocenters. The molecule has 0 bridgehead atoms. The highest BCUT2D eigenvalue weighted by Crippen LogP contribution is 2.60. The average molecular weight is 203 g/mol. The van der Waals surface area contributed by atoms with Crippen molar-refractivity contribution in [3.05, 3.63) is 0 Å². The van der Waals surface area contributed by atoms with E-state index in [2.05, 4.69) is 0 Å². The van der Waals surface area contributed by atoms with Crippen LogP contribution in [0.1, 0.15) is 13.3 Å². The molecular weight excluding hydrogens is 197 g/mol. The Hall–Kier alpha value is -0.450. The SMILES string of the molecule is CC1(Cl)CC(F)(C(=O)O)C1(F)F. The van der Waals surface area contributed by atoms with E-state index in [-0.39, 0.29) is 0 Å². The Morgan fingerprint density at radius 3 is 2.00 bits per heavy atom. The van der Waals surface area contributed by atoms with E-state index in [1.807, 2.05) is 0 Å². The van der Waals surface area contributed by atoms with Gasteiger partial charge in [-0.3, -0.25) is 0 Å². The van der Waals surface area contributed by atoms with Crippen LogP contribution in [0.4, 0.5) is 13.2 Å². The molecule has 0 aromatic carbocycles. The molecule has 0 saturated heterocycles. The second kappa shape index (κ2) is 2.07. The lowest BCUT2D eigenvalue weighted by Gasteiger charge is -2.50. The predicted molar refractivity (Wildman–Crippen MR) is 35.3 cm³/mol. The second-order valence-electron chi connectivity index (χ2n) is 3.05. The maximum absolute atomic E-state index is 12.9.